The van der Waals surface area contributed by atoms with Crippen molar-refractivity contribution >= 4 is 0 Å². The number of aliphatic hydroxyl groups is 1. The molecular weight excluding hydrogens is 170 g/mol. The van der Waals surface area contributed by atoms with Crippen LogP contribution in [0.2, 0.25) is 0 Å². The Morgan fingerprint density at radius 3 is 2.54 bits per heavy atom. The first-order valence-electron chi connectivity index (χ1n) is 4.05. The molecule has 1 N–H and O–H groups in total. The summed E-state index contributed by atoms with van der Waals surface area (Å²) >= 11 is 0. The van der Waals surface area contributed by atoms with Gasteiger partial charge in [0.25, 0.3) is 0 Å². The van der Waals surface area contributed by atoms with Crippen LogP contribution in [0.25, 0.3) is 0 Å². The molecule has 0 aliphatic heterocycles. The molecule has 0 aromatic heterocycles. The quantitative estimate of drug-likeness (QED) is 0.563. The van der Waals surface area contributed by atoms with Gasteiger partial charge in [-0.2, -0.15) is 0 Å². The first kappa shape index (κ1) is 9.67. The molecule has 0 amide bonds. The zero-order valence-corrected chi connectivity index (χ0v) is 7.09. The van der Waals surface area contributed by atoms with Crippen LogP contribution in [0, 0.1) is 10.1 Å². The minimum Gasteiger partial charge on any atom is -0.388 e. The summed E-state index contributed by atoms with van der Waals surface area (Å²) in [5.74, 6) is 0. The normalized spacial score (nSPS) is 12.4. The van der Waals surface area contributed by atoms with E-state index in [0.717, 1.165) is 5.56 Å². The van der Waals surface area contributed by atoms with Gasteiger partial charge in [0.15, 0.2) is 0 Å². The second-order valence-electron chi connectivity index (χ2n) is 2.77. The van der Waals surface area contributed by atoms with Crippen molar-refractivity contribution in [2.24, 2.45) is 0 Å². The fraction of sp³-hybridized carbons (Fsp3) is 0.333. The molecule has 0 saturated carbocycles. The van der Waals surface area contributed by atoms with Crippen molar-refractivity contribution in [2.45, 2.75) is 12.5 Å². The number of hydrogen-bond acceptors (Lipinski definition) is 3. The van der Waals surface area contributed by atoms with Crippen molar-refractivity contribution in [3.8, 4) is 0 Å². The van der Waals surface area contributed by atoms with Crippen LogP contribution < -0.4 is 0 Å². The minimum atomic E-state index is -0.730. The van der Waals surface area contributed by atoms with Gasteiger partial charge in [0.2, 0.25) is 6.54 Å². The summed E-state index contributed by atoms with van der Waals surface area (Å²) in [4.78, 5) is 9.61. The Hall–Kier alpha value is -1.42. The topological polar surface area (TPSA) is 63.4 Å². The summed E-state index contributed by atoms with van der Waals surface area (Å²) in [6.45, 7) is -0.198. The van der Waals surface area contributed by atoms with Crippen LogP contribution in [-0.4, -0.2) is 16.6 Å². The third-order valence-corrected chi connectivity index (χ3v) is 1.77. The van der Waals surface area contributed by atoms with Gasteiger partial charge in [-0.15, -0.1) is 0 Å². The predicted molar refractivity (Wildman–Crippen MR) is 47.9 cm³/mol. The molecule has 0 spiro atoms. The van der Waals surface area contributed by atoms with E-state index >= 15 is 0 Å². The van der Waals surface area contributed by atoms with Crippen molar-refractivity contribution in [3.63, 3.8) is 0 Å². The second-order valence-corrected chi connectivity index (χ2v) is 2.77. The van der Waals surface area contributed by atoms with Gasteiger partial charge in [-0.3, -0.25) is 10.1 Å². The summed E-state index contributed by atoms with van der Waals surface area (Å²) in [6.07, 6.45) is -0.566. The molecule has 1 aromatic carbocycles. The Labute approximate surface area is 76.0 Å². The van der Waals surface area contributed by atoms with E-state index in [-0.39, 0.29) is 13.0 Å². The summed E-state index contributed by atoms with van der Waals surface area (Å²) in [6, 6.07) is 8.94. The van der Waals surface area contributed by atoms with Gasteiger partial charge >= 0.3 is 0 Å². The molecule has 1 atom stereocenters. The number of nitro groups is 1. The third kappa shape index (κ3) is 3.21. The molecule has 1 unspecified atom stereocenters. The highest BCUT2D eigenvalue weighted by atomic mass is 16.6. The molecule has 13 heavy (non-hydrogen) atoms. The van der Waals surface area contributed by atoms with Crippen molar-refractivity contribution in [1.82, 2.24) is 0 Å². The minimum absolute atomic E-state index is 0.164. The van der Waals surface area contributed by atoms with Gasteiger partial charge in [0, 0.05) is 11.3 Å². The van der Waals surface area contributed by atoms with E-state index in [1.165, 1.54) is 0 Å². The highest BCUT2D eigenvalue weighted by Gasteiger charge is 2.09. The smallest absolute Gasteiger partial charge is 0.206 e. The number of aliphatic hydroxyl groups excluding tert-OH is 1. The van der Waals surface area contributed by atoms with Crippen LogP contribution in [0.1, 0.15) is 18.1 Å². The molecule has 0 saturated heterocycles. The Kier molecular flexibility index (Phi) is 3.40. The molecule has 0 fully saturated rings. The van der Waals surface area contributed by atoms with E-state index in [9.17, 15) is 15.2 Å². The van der Waals surface area contributed by atoms with Crippen molar-refractivity contribution in [3.05, 3.63) is 46.0 Å². The second kappa shape index (κ2) is 4.57. The Morgan fingerprint density at radius 2 is 2.00 bits per heavy atom. The lowest BCUT2D eigenvalue weighted by Crippen LogP contribution is -2.06. The Morgan fingerprint density at radius 1 is 1.38 bits per heavy atom. The first-order valence-corrected chi connectivity index (χ1v) is 4.05. The summed E-state index contributed by atoms with van der Waals surface area (Å²) < 4.78 is 0. The van der Waals surface area contributed by atoms with Crippen LogP contribution in [0.5, 0.6) is 0 Å². The van der Waals surface area contributed by atoms with Gasteiger partial charge in [-0.05, 0) is 5.56 Å². The first-order chi connectivity index (χ1) is 6.20. The highest BCUT2D eigenvalue weighted by Crippen LogP contribution is 2.15. The van der Waals surface area contributed by atoms with Crippen LogP contribution in [0.4, 0.5) is 0 Å². The molecule has 4 nitrogen and oxygen atoms in total. The molecule has 1 aromatic rings. The molecule has 70 valence electrons. The van der Waals surface area contributed by atoms with Gasteiger partial charge in [0.1, 0.15) is 0 Å². The van der Waals surface area contributed by atoms with Crippen molar-refractivity contribution in [1.29, 1.82) is 0 Å². The lowest BCUT2D eigenvalue weighted by atomic mass is 10.1. The summed E-state index contributed by atoms with van der Waals surface area (Å²) in [5.41, 5.74) is 0.726. The lowest BCUT2D eigenvalue weighted by molar-refractivity contribution is -0.482. The highest BCUT2D eigenvalue weighted by molar-refractivity contribution is 5.16. The number of nitrogens with zero attached hydrogens (tertiary/aromatic N) is 1. The maximum Gasteiger partial charge on any atom is 0.206 e. The van der Waals surface area contributed by atoms with E-state index in [2.05, 4.69) is 0 Å². The van der Waals surface area contributed by atoms with Gasteiger partial charge in [-0.25, -0.2) is 0 Å². The molecule has 0 heterocycles. The van der Waals surface area contributed by atoms with Crippen LogP contribution >= 0.6 is 0 Å². The molecule has 1 rings (SSSR count). The molecule has 0 radical (unpaired) electrons. The van der Waals surface area contributed by atoms with Gasteiger partial charge in [-0.1, -0.05) is 30.3 Å². The summed E-state index contributed by atoms with van der Waals surface area (Å²) in [7, 11) is 0. The molecule has 0 bridgehead atoms. The lowest BCUT2D eigenvalue weighted by Gasteiger charge is -2.07. The fourth-order valence-corrected chi connectivity index (χ4v) is 1.07. The van der Waals surface area contributed by atoms with Crippen LogP contribution in [0.3, 0.4) is 0 Å². The van der Waals surface area contributed by atoms with Crippen molar-refractivity contribution < 1.29 is 10.0 Å². The maximum absolute atomic E-state index is 10.0. The van der Waals surface area contributed by atoms with Crippen molar-refractivity contribution in [2.75, 3.05) is 6.54 Å². The largest absolute Gasteiger partial charge is 0.388 e. The van der Waals surface area contributed by atoms with Crippen LogP contribution in [0.15, 0.2) is 30.3 Å². The molecule has 0 aliphatic carbocycles. The SMILES string of the molecule is O=[N+]([O-])CCC(O)c1ccccc1. The fourth-order valence-electron chi connectivity index (χ4n) is 1.07. The van der Waals surface area contributed by atoms with E-state index < -0.39 is 11.0 Å². The van der Waals surface area contributed by atoms with E-state index in [4.69, 9.17) is 0 Å². The Bertz CT molecular complexity index is 273. The Balaban J connectivity index is 2.49. The number of rotatable bonds is 4. The zero-order valence-electron chi connectivity index (χ0n) is 7.09. The molecule has 0 aliphatic rings. The zero-order chi connectivity index (χ0) is 9.68. The predicted octanol–water partition coefficient (Wildman–Crippen LogP) is 1.39. The van der Waals surface area contributed by atoms with E-state index in [0.29, 0.717) is 0 Å². The standard InChI is InChI=1S/C9H11NO3/c11-9(6-7-10(12)13)8-4-2-1-3-5-8/h1-5,9,11H,6-7H2. The average Bonchev–Trinajstić information content (AvgIpc) is 2.15. The molecule has 4 heteroatoms. The van der Waals surface area contributed by atoms with Gasteiger partial charge < -0.3 is 5.11 Å². The number of benzene rings is 1. The van der Waals surface area contributed by atoms with Crippen LogP contribution in [-0.2, 0) is 0 Å². The number of hydrogen-bond donors (Lipinski definition) is 1. The van der Waals surface area contributed by atoms with E-state index in [1.807, 2.05) is 6.07 Å². The van der Waals surface area contributed by atoms with Gasteiger partial charge in [0.05, 0.1) is 6.10 Å². The third-order valence-electron chi connectivity index (χ3n) is 1.77. The molecular formula is C9H11NO3. The summed E-state index contributed by atoms with van der Waals surface area (Å²) in [5, 5.41) is 19.5. The average molecular weight is 181 g/mol. The maximum atomic E-state index is 10.0. The van der Waals surface area contributed by atoms with E-state index in [1.54, 1.807) is 24.3 Å². The monoisotopic (exact) mass is 181 g/mol.